The van der Waals surface area contributed by atoms with Crippen molar-refractivity contribution in [2.24, 2.45) is 0 Å². The van der Waals surface area contributed by atoms with E-state index in [2.05, 4.69) is 87.7 Å². The van der Waals surface area contributed by atoms with Crippen LogP contribution in [0.2, 0.25) is 0 Å². The average Bonchev–Trinajstić information content (AvgIpc) is 2.50. The minimum absolute atomic E-state index is 0.848. The lowest BCUT2D eigenvalue weighted by atomic mass is 10.2. The maximum absolute atomic E-state index is 4.43. The molecule has 2 nitrogen and oxygen atoms in total. The van der Waals surface area contributed by atoms with E-state index in [4.69, 9.17) is 0 Å². The first-order valence-corrected chi connectivity index (χ1v) is 6.75. The van der Waals surface area contributed by atoms with Gasteiger partial charge in [0.25, 0.3) is 0 Å². The monoisotopic (exact) mass is 424 g/mol. The van der Waals surface area contributed by atoms with Crippen LogP contribution in [0.25, 0.3) is 0 Å². The van der Waals surface area contributed by atoms with Gasteiger partial charge in [-0.3, -0.25) is 4.68 Å². The van der Waals surface area contributed by atoms with E-state index in [0.29, 0.717) is 0 Å². The molecule has 4 heteroatoms. The largest absolute Gasteiger partial charge is 0.267 e. The van der Waals surface area contributed by atoms with Crippen molar-refractivity contribution >= 4 is 45.2 Å². The van der Waals surface area contributed by atoms with Crippen LogP contribution in [0.15, 0.2) is 30.5 Å². The third-order valence-corrected chi connectivity index (χ3v) is 3.93. The molecule has 0 aliphatic carbocycles. The summed E-state index contributed by atoms with van der Waals surface area (Å²) in [7, 11) is 0. The third-order valence-electron chi connectivity index (χ3n) is 2.14. The Labute approximate surface area is 116 Å². The molecule has 1 aromatic carbocycles. The van der Waals surface area contributed by atoms with Crippen molar-refractivity contribution in [3.05, 3.63) is 48.9 Å². The molecule has 0 amide bonds. The van der Waals surface area contributed by atoms with Gasteiger partial charge < -0.3 is 0 Å². The van der Waals surface area contributed by atoms with E-state index in [9.17, 15) is 0 Å². The lowest BCUT2D eigenvalue weighted by molar-refractivity contribution is 0.681. The van der Waals surface area contributed by atoms with Crippen molar-refractivity contribution in [1.29, 1.82) is 0 Å². The molecule has 2 rings (SSSR count). The topological polar surface area (TPSA) is 17.8 Å². The van der Waals surface area contributed by atoms with Crippen molar-refractivity contribution in [2.75, 3.05) is 0 Å². The van der Waals surface area contributed by atoms with Gasteiger partial charge in [0.15, 0.2) is 0 Å². The number of hydrogen-bond acceptors (Lipinski definition) is 1. The SMILES string of the molecule is Cc1cn(Cc2ccc(I)cc2)nc1I. The number of benzene rings is 1. The van der Waals surface area contributed by atoms with Crippen molar-refractivity contribution in [2.45, 2.75) is 13.5 Å². The molecule has 0 saturated heterocycles. The molecule has 0 aliphatic heterocycles. The normalized spacial score (nSPS) is 10.6. The Bertz CT molecular complexity index is 440. The summed E-state index contributed by atoms with van der Waals surface area (Å²) in [5.41, 5.74) is 2.52. The molecule has 15 heavy (non-hydrogen) atoms. The molecule has 0 fully saturated rings. The van der Waals surface area contributed by atoms with Crippen LogP contribution in [0, 0.1) is 14.2 Å². The number of rotatable bonds is 2. The second kappa shape index (κ2) is 4.82. The van der Waals surface area contributed by atoms with Crippen molar-refractivity contribution < 1.29 is 0 Å². The van der Waals surface area contributed by atoms with Crippen LogP contribution in [-0.2, 0) is 6.54 Å². The van der Waals surface area contributed by atoms with Crippen molar-refractivity contribution in [3.63, 3.8) is 0 Å². The van der Waals surface area contributed by atoms with Gasteiger partial charge in [0.1, 0.15) is 3.70 Å². The zero-order chi connectivity index (χ0) is 10.8. The van der Waals surface area contributed by atoms with E-state index in [1.165, 1.54) is 14.7 Å². The maximum Gasteiger partial charge on any atom is 0.126 e. The Morgan fingerprint density at radius 3 is 2.40 bits per heavy atom. The van der Waals surface area contributed by atoms with E-state index in [0.717, 1.165) is 10.2 Å². The fourth-order valence-electron chi connectivity index (χ4n) is 1.36. The van der Waals surface area contributed by atoms with Crippen LogP contribution in [0.4, 0.5) is 0 Å². The van der Waals surface area contributed by atoms with Gasteiger partial charge in [0.05, 0.1) is 6.54 Å². The van der Waals surface area contributed by atoms with Gasteiger partial charge in [-0.2, -0.15) is 5.10 Å². The summed E-state index contributed by atoms with van der Waals surface area (Å²) in [5, 5.41) is 4.43. The van der Waals surface area contributed by atoms with Crippen LogP contribution >= 0.6 is 45.2 Å². The van der Waals surface area contributed by atoms with Crippen LogP contribution in [-0.4, -0.2) is 9.78 Å². The maximum atomic E-state index is 4.43. The van der Waals surface area contributed by atoms with Crippen LogP contribution in [0.1, 0.15) is 11.1 Å². The number of aryl methyl sites for hydroxylation is 1. The van der Waals surface area contributed by atoms with E-state index < -0.39 is 0 Å². The average molecular weight is 424 g/mol. The molecule has 0 spiro atoms. The summed E-state index contributed by atoms with van der Waals surface area (Å²) in [4.78, 5) is 0. The van der Waals surface area contributed by atoms with Crippen LogP contribution < -0.4 is 0 Å². The quantitative estimate of drug-likeness (QED) is 0.676. The summed E-state index contributed by atoms with van der Waals surface area (Å²) < 4.78 is 4.33. The lowest BCUT2D eigenvalue weighted by Gasteiger charge is -2.01. The summed E-state index contributed by atoms with van der Waals surface area (Å²) in [6, 6.07) is 8.53. The van der Waals surface area contributed by atoms with Gasteiger partial charge in [-0.1, -0.05) is 12.1 Å². The summed E-state index contributed by atoms with van der Waals surface area (Å²) in [6.07, 6.45) is 2.08. The number of hydrogen-bond donors (Lipinski definition) is 0. The molecule has 0 aliphatic rings. The van der Waals surface area contributed by atoms with Crippen molar-refractivity contribution in [3.8, 4) is 0 Å². The highest BCUT2D eigenvalue weighted by atomic mass is 127. The summed E-state index contributed by atoms with van der Waals surface area (Å²) in [6.45, 7) is 2.93. The van der Waals surface area contributed by atoms with E-state index in [-0.39, 0.29) is 0 Å². The highest BCUT2D eigenvalue weighted by molar-refractivity contribution is 14.1. The highest BCUT2D eigenvalue weighted by Gasteiger charge is 2.01. The molecule has 1 heterocycles. The van der Waals surface area contributed by atoms with Gasteiger partial charge in [0.2, 0.25) is 0 Å². The van der Waals surface area contributed by atoms with Gasteiger partial charge >= 0.3 is 0 Å². The van der Waals surface area contributed by atoms with E-state index in [1.54, 1.807) is 0 Å². The molecule has 0 saturated carbocycles. The second-order valence-corrected chi connectivity index (χ2v) is 5.69. The van der Waals surface area contributed by atoms with Crippen LogP contribution in [0.3, 0.4) is 0 Å². The summed E-state index contributed by atoms with van der Waals surface area (Å²) >= 11 is 4.57. The molecule has 0 bridgehead atoms. The second-order valence-electron chi connectivity index (χ2n) is 3.43. The van der Waals surface area contributed by atoms with E-state index >= 15 is 0 Å². The Morgan fingerprint density at radius 2 is 1.87 bits per heavy atom. The molecule has 2 aromatic rings. The first-order chi connectivity index (χ1) is 7.15. The minimum Gasteiger partial charge on any atom is -0.267 e. The zero-order valence-corrected chi connectivity index (χ0v) is 12.6. The van der Waals surface area contributed by atoms with Crippen LogP contribution in [0.5, 0.6) is 0 Å². The molecule has 0 unspecified atom stereocenters. The predicted octanol–water partition coefficient (Wildman–Crippen LogP) is 3.45. The minimum atomic E-state index is 0.848. The lowest BCUT2D eigenvalue weighted by Crippen LogP contribution is -2.00. The summed E-state index contributed by atoms with van der Waals surface area (Å²) in [5.74, 6) is 0. The first kappa shape index (κ1) is 11.4. The molecule has 0 N–H and O–H groups in total. The molecule has 0 radical (unpaired) electrons. The first-order valence-electron chi connectivity index (χ1n) is 4.59. The number of nitrogens with zero attached hydrogens (tertiary/aromatic N) is 2. The molecular weight excluding hydrogens is 414 g/mol. The fraction of sp³-hybridized carbons (Fsp3) is 0.182. The van der Waals surface area contributed by atoms with Gasteiger partial charge in [-0.25, -0.2) is 0 Å². The van der Waals surface area contributed by atoms with Gasteiger partial charge in [0, 0.05) is 15.3 Å². The zero-order valence-electron chi connectivity index (χ0n) is 8.24. The van der Waals surface area contributed by atoms with Gasteiger partial charge in [-0.05, 0) is 69.8 Å². The Balaban J connectivity index is 2.18. The third kappa shape index (κ3) is 2.93. The molecule has 78 valence electrons. The predicted molar refractivity (Wildman–Crippen MR) is 77.9 cm³/mol. The number of aromatic nitrogens is 2. The Kier molecular flexibility index (Phi) is 3.65. The molecule has 1 aromatic heterocycles. The number of halogens is 2. The van der Waals surface area contributed by atoms with E-state index in [1.807, 2.05) is 4.68 Å². The highest BCUT2D eigenvalue weighted by Crippen LogP contribution is 2.11. The Hall–Kier alpha value is -0.110. The molecule has 0 atom stereocenters. The van der Waals surface area contributed by atoms with Gasteiger partial charge in [-0.15, -0.1) is 0 Å². The fourth-order valence-corrected chi connectivity index (χ4v) is 2.13. The standard InChI is InChI=1S/C11H10I2N2/c1-8-6-15(14-11(8)13)7-9-2-4-10(12)5-3-9/h2-6H,7H2,1H3. The van der Waals surface area contributed by atoms with Crippen molar-refractivity contribution in [1.82, 2.24) is 9.78 Å². The smallest absolute Gasteiger partial charge is 0.126 e. The Morgan fingerprint density at radius 1 is 1.20 bits per heavy atom. The molecular formula is C11H10I2N2.